The number of anilines is 1. The Morgan fingerprint density at radius 2 is 1.69 bits per heavy atom. The predicted octanol–water partition coefficient (Wildman–Crippen LogP) is 3.34. The number of rotatable bonds is 9. The Balaban J connectivity index is 0.00000300. The number of benzene rings is 1. The van der Waals surface area contributed by atoms with Crippen LogP contribution in [-0.2, 0) is 13.1 Å². The highest BCUT2D eigenvalue weighted by atomic mass is 35.5. The largest absolute Gasteiger partial charge is 0.490 e. The summed E-state index contributed by atoms with van der Waals surface area (Å²) in [6.07, 6.45) is 1.89. The Hall–Kier alpha value is -2.02. The van der Waals surface area contributed by atoms with Gasteiger partial charge in [-0.2, -0.15) is 0 Å². The van der Waals surface area contributed by atoms with Crippen LogP contribution in [-0.4, -0.2) is 56.3 Å². The first-order chi connectivity index (χ1) is 13.7. The van der Waals surface area contributed by atoms with Gasteiger partial charge in [0.15, 0.2) is 11.5 Å². The summed E-state index contributed by atoms with van der Waals surface area (Å²) in [5, 5.41) is 3.55. The normalized spacial score (nSPS) is 14.4. The number of nitrogens with one attached hydrogen (secondary N) is 1. The molecule has 2 heterocycles. The number of nitrogens with zero attached hydrogens (tertiary/aromatic N) is 3. The third-order valence-electron chi connectivity index (χ3n) is 4.92. The SMILES string of the molecule is CCOc1ccc(CNCc2cccnc2N2CCN(C)CC2)cc1OCC.Cl. The standard InChI is InChI=1S/C22H32N4O2.ClH/c1-4-27-20-9-8-18(15-21(20)28-5-2)16-23-17-19-7-6-10-24-22(19)26-13-11-25(3)12-14-26;/h6-10,15,23H,4-5,11-14,16-17H2,1-3H3;1H. The second-order valence-corrected chi connectivity index (χ2v) is 7.03. The van der Waals surface area contributed by atoms with E-state index >= 15 is 0 Å². The Morgan fingerprint density at radius 3 is 2.41 bits per heavy atom. The van der Waals surface area contributed by atoms with Crippen molar-refractivity contribution < 1.29 is 9.47 Å². The molecule has 0 saturated carbocycles. The van der Waals surface area contributed by atoms with Crippen molar-refractivity contribution in [3.8, 4) is 11.5 Å². The molecule has 1 N–H and O–H groups in total. The van der Waals surface area contributed by atoms with Gasteiger partial charge in [-0.3, -0.25) is 0 Å². The molecule has 6 nitrogen and oxygen atoms in total. The molecule has 1 aromatic heterocycles. The molecule has 1 aromatic carbocycles. The molecular weight excluding hydrogens is 388 g/mol. The monoisotopic (exact) mass is 420 g/mol. The van der Waals surface area contributed by atoms with Gasteiger partial charge in [0.05, 0.1) is 13.2 Å². The molecule has 0 bridgehead atoms. The van der Waals surface area contributed by atoms with Crippen LogP contribution in [0.15, 0.2) is 36.5 Å². The van der Waals surface area contributed by atoms with Crippen molar-refractivity contribution in [2.24, 2.45) is 0 Å². The molecule has 160 valence electrons. The van der Waals surface area contributed by atoms with Crippen LogP contribution in [0, 0.1) is 0 Å². The van der Waals surface area contributed by atoms with Crippen molar-refractivity contribution in [2.75, 3.05) is 51.3 Å². The summed E-state index contributed by atoms with van der Waals surface area (Å²) in [7, 11) is 2.17. The number of hydrogen-bond donors (Lipinski definition) is 1. The van der Waals surface area contributed by atoms with Gasteiger partial charge in [0.25, 0.3) is 0 Å². The van der Waals surface area contributed by atoms with Crippen molar-refractivity contribution in [1.82, 2.24) is 15.2 Å². The third kappa shape index (κ3) is 6.49. The summed E-state index contributed by atoms with van der Waals surface area (Å²) in [5.41, 5.74) is 2.42. The van der Waals surface area contributed by atoms with E-state index in [1.54, 1.807) is 0 Å². The topological polar surface area (TPSA) is 49.9 Å². The Labute approximate surface area is 180 Å². The fourth-order valence-corrected chi connectivity index (χ4v) is 3.42. The highest BCUT2D eigenvalue weighted by Gasteiger charge is 2.17. The van der Waals surface area contributed by atoms with Crippen LogP contribution < -0.4 is 19.7 Å². The first-order valence-corrected chi connectivity index (χ1v) is 10.2. The summed E-state index contributed by atoms with van der Waals surface area (Å²) < 4.78 is 11.4. The fraction of sp³-hybridized carbons (Fsp3) is 0.500. The van der Waals surface area contributed by atoms with Gasteiger partial charge in [0.1, 0.15) is 5.82 Å². The summed E-state index contributed by atoms with van der Waals surface area (Å²) in [6, 6.07) is 10.3. The minimum Gasteiger partial charge on any atom is -0.490 e. The quantitative estimate of drug-likeness (QED) is 0.671. The number of pyridine rings is 1. The maximum atomic E-state index is 5.73. The van der Waals surface area contributed by atoms with Gasteiger partial charge < -0.3 is 24.6 Å². The van der Waals surface area contributed by atoms with Gasteiger partial charge in [-0.05, 0) is 44.7 Å². The van der Waals surface area contributed by atoms with Crippen LogP contribution >= 0.6 is 12.4 Å². The molecule has 1 aliphatic rings. The first-order valence-electron chi connectivity index (χ1n) is 10.2. The van der Waals surface area contributed by atoms with E-state index in [4.69, 9.17) is 9.47 Å². The van der Waals surface area contributed by atoms with Crippen molar-refractivity contribution in [2.45, 2.75) is 26.9 Å². The van der Waals surface area contributed by atoms with Crippen LogP contribution in [0.3, 0.4) is 0 Å². The smallest absolute Gasteiger partial charge is 0.161 e. The maximum absolute atomic E-state index is 5.73. The molecule has 0 radical (unpaired) electrons. The number of likely N-dealkylation sites (N-methyl/N-ethyl adjacent to an activating group) is 1. The average Bonchev–Trinajstić information content (AvgIpc) is 2.71. The number of aromatic nitrogens is 1. The second kappa shape index (κ2) is 11.9. The van der Waals surface area contributed by atoms with E-state index in [0.717, 1.165) is 56.6 Å². The van der Waals surface area contributed by atoms with E-state index in [1.165, 1.54) is 11.1 Å². The molecule has 3 rings (SSSR count). The van der Waals surface area contributed by atoms with Crippen molar-refractivity contribution in [3.63, 3.8) is 0 Å². The Kier molecular flexibility index (Phi) is 9.51. The summed E-state index contributed by atoms with van der Waals surface area (Å²) >= 11 is 0. The third-order valence-corrected chi connectivity index (χ3v) is 4.92. The number of piperazine rings is 1. The Bertz CT molecular complexity index is 751. The molecule has 0 atom stereocenters. The zero-order valence-electron chi connectivity index (χ0n) is 17.7. The van der Waals surface area contributed by atoms with Gasteiger partial charge in [0.2, 0.25) is 0 Å². The van der Waals surface area contributed by atoms with E-state index in [0.29, 0.717) is 13.2 Å². The first kappa shape index (κ1) is 23.3. The van der Waals surface area contributed by atoms with E-state index < -0.39 is 0 Å². The van der Waals surface area contributed by atoms with Crippen molar-refractivity contribution in [3.05, 3.63) is 47.7 Å². The minimum atomic E-state index is 0. The van der Waals surface area contributed by atoms with E-state index in [-0.39, 0.29) is 12.4 Å². The molecular formula is C22H33ClN4O2. The van der Waals surface area contributed by atoms with Crippen molar-refractivity contribution >= 4 is 18.2 Å². The number of hydrogen-bond acceptors (Lipinski definition) is 6. The van der Waals surface area contributed by atoms with Gasteiger partial charge in [-0.1, -0.05) is 12.1 Å². The molecule has 0 spiro atoms. The molecule has 29 heavy (non-hydrogen) atoms. The lowest BCUT2D eigenvalue weighted by molar-refractivity contribution is 0.287. The lowest BCUT2D eigenvalue weighted by Crippen LogP contribution is -2.45. The predicted molar refractivity (Wildman–Crippen MR) is 121 cm³/mol. The van der Waals surface area contributed by atoms with Gasteiger partial charge in [-0.15, -0.1) is 12.4 Å². The zero-order valence-corrected chi connectivity index (χ0v) is 18.5. The molecule has 0 aliphatic carbocycles. The lowest BCUT2D eigenvalue weighted by Gasteiger charge is -2.34. The second-order valence-electron chi connectivity index (χ2n) is 7.03. The molecule has 1 fully saturated rings. The van der Waals surface area contributed by atoms with Gasteiger partial charge in [-0.25, -0.2) is 4.98 Å². The molecule has 0 unspecified atom stereocenters. The van der Waals surface area contributed by atoms with Crippen LogP contribution in [0.4, 0.5) is 5.82 Å². The van der Waals surface area contributed by atoms with Crippen LogP contribution in [0.1, 0.15) is 25.0 Å². The molecule has 7 heteroatoms. The number of ether oxygens (including phenoxy) is 2. The van der Waals surface area contributed by atoms with Gasteiger partial charge >= 0.3 is 0 Å². The fourth-order valence-electron chi connectivity index (χ4n) is 3.42. The van der Waals surface area contributed by atoms with Crippen LogP contribution in [0.5, 0.6) is 11.5 Å². The zero-order chi connectivity index (χ0) is 19.8. The lowest BCUT2D eigenvalue weighted by atomic mass is 10.1. The summed E-state index contributed by atoms with van der Waals surface area (Å²) in [6.45, 7) is 11.0. The van der Waals surface area contributed by atoms with E-state index in [1.807, 2.05) is 32.2 Å². The average molecular weight is 421 g/mol. The molecule has 1 saturated heterocycles. The van der Waals surface area contributed by atoms with Crippen LogP contribution in [0.25, 0.3) is 0 Å². The summed E-state index contributed by atoms with van der Waals surface area (Å²) in [5.74, 6) is 2.71. The highest BCUT2D eigenvalue weighted by molar-refractivity contribution is 5.85. The molecule has 2 aromatic rings. The summed E-state index contributed by atoms with van der Waals surface area (Å²) in [4.78, 5) is 9.40. The molecule has 0 amide bonds. The maximum Gasteiger partial charge on any atom is 0.161 e. The molecule has 1 aliphatic heterocycles. The van der Waals surface area contributed by atoms with Gasteiger partial charge in [0, 0.05) is 51.0 Å². The highest BCUT2D eigenvalue weighted by Crippen LogP contribution is 2.28. The van der Waals surface area contributed by atoms with E-state index in [2.05, 4.69) is 45.3 Å². The minimum absolute atomic E-state index is 0. The van der Waals surface area contributed by atoms with Crippen molar-refractivity contribution in [1.29, 1.82) is 0 Å². The Morgan fingerprint density at radius 1 is 0.966 bits per heavy atom. The number of halogens is 1. The van der Waals surface area contributed by atoms with E-state index in [9.17, 15) is 0 Å². The van der Waals surface area contributed by atoms with Crippen LogP contribution in [0.2, 0.25) is 0 Å².